The lowest BCUT2D eigenvalue weighted by atomic mass is 9.93. The maximum Gasteiger partial charge on any atom is 0.258 e. The van der Waals surface area contributed by atoms with Crippen molar-refractivity contribution in [3.05, 3.63) is 35.5 Å². The van der Waals surface area contributed by atoms with E-state index in [-0.39, 0.29) is 31.7 Å². The van der Waals surface area contributed by atoms with E-state index in [0.29, 0.717) is 46.8 Å². The van der Waals surface area contributed by atoms with Gasteiger partial charge in [0.15, 0.2) is 0 Å². The molecule has 0 radical (unpaired) electrons. The molecule has 4 fully saturated rings. The largest absolute Gasteiger partial charge is 0.392 e. The van der Waals surface area contributed by atoms with E-state index in [0.717, 1.165) is 25.9 Å². The van der Waals surface area contributed by atoms with Crippen molar-refractivity contribution in [1.82, 2.24) is 9.97 Å². The number of nitrogens with one attached hydrogen (secondary N) is 2. The van der Waals surface area contributed by atoms with Crippen molar-refractivity contribution in [2.24, 2.45) is 5.41 Å². The monoisotopic (exact) mass is 604 g/mol. The Morgan fingerprint density at radius 3 is 2.19 bits per heavy atom. The van der Waals surface area contributed by atoms with Gasteiger partial charge in [-0.2, -0.15) is 4.98 Å². The number of aliphatic hydroxyl groups is 1. The van der Waals surface area contributed by atoms with E-state index < -0.39 is 32.7 Å². The summed E-state index contributed by atoms with van der Waals surface area (Å²) in [6, 6.07) is 6.49. The molecule has 4 aliphatic rings. The number of hydrogen-bond acceptors (Lipinski definition) is 8. The second-order valence-electron chi connectivity index (χ2n) is 12.6. The summed E-state index contributed by atoms with van der Waals surface area (Å²) >= 11 is 0. The molecule has 1 spiro atoms. The van der Waals surface area contributed by atoms with Gasteiger partial charge in [0.1, 0.15) is 10.6 Å². The number of rotatable bonds is 8. The van der Waals surface area contributed by atoms with Crippen LogP contribution in [0.3, 0.4) is 0 Å². The van der Waals surface area contributed by atoms with Gasteiger partial charge in [-0.1, -0.05) is 0 Å². The fourth-order valence-corrected chi connectivity index (χ4v) is 7.94. The zero-order valence-electron chi connectivity index (χ0n) is 24.0. The number of amides is 1. The number of halogens is 2. The summed E-state index contributed by atoms with van der Waals surface area (Å²) in [7, 11) is -3.85. The SMILES string of the molecule is Cc1cc(NC(=O)c2ccc(NS(=O)(=O)C3([C@H](C)O)CC3)cc2N2CCC3(CC2)CC3)nc(N2CCC(F)(F)CC2)n1. The third kappa shape index (κ3) is 5.64. The molecule has 1 aromatic carbocycles. The highest BCUT2D eigenvalue weighted by molar-refractivity contribution is 7.94. The highest BCUT2D eigenvalue weighted by Gasteiger charge is 2.58. The number of alkyl halides is 2. The fraction of sp³-hybridized carbons (Fsp3) is 0.621. The molecule has 2 aliphatic carbocycles. The van der Waals surface area contributed by atoms with Gasteiger partial charge in [-0.25, -0.2) is 22.2 Å². The van der Waals surface area contributed by atoms with Crippen LogP contribution in [0.4, 0.5) is 31.9 Å². The molecule has 2 saturated carbocycles. The molecule has 3 N–H and O–H groups in total. The first kappa shape index (κ1) is 29.0. The third-order valence-corrected chi connectivity index (χ3v) is 11.8. The number of benzene rings is 1. The summed E-state index contributed by atoms with van der Waals surface area (Å²) in [5, 5.41) is 13.0. The Kier molecular flexibility index (Phi) is 7.11. The molecular formula is C29H38F2N6O4S. The van der Waals surface area contributed by atoms with Crippen molar-refractivity contribution < 1.29 is 27.1 Å². The lowest BCUT2D eigenvalue weighted by molar-refractivity contribution is -0.0222. The molecule has 2 aliphatic heterocycles. The van der Waals surface area contributed by atoms with Crippen LogP contribution in [0.2, 0.25) is 0 Å². The van der Waals surface area contributed by atoms with E-state index in [4.69, 9.17) is 0 Å². The third-order valence-electron chi connectivity index (χ3n) is 9.52. The summed E-state index contributed by atoms with van der Waals surface area (Å²) in [6.07, 6.45) is 3.69. The molecule has 0 bridgehead atoms. The zero-order chi connectivity index (χ0) is 29.9. The minimum absolute atomic E-state index is 0.123. The Balaban J connectivity index is 1.26. The van der Waals surface area contributed by atoms with Gasteiger partial charge < -0.3 is 20.2 Å². The number of anilines is 4. The minimum Gasteiger partial charge on any atom is -0.392 e. The van der Waals surface area contributed by atoms with Crippen molar-refractivity contribution in [2.45, 2.75) is 82.0 Å². The molecule has 13 heteroatoms. The molecule has 228 valence electrons. The second-order valence-corrected chi connectivity index (χ2v) is 14.6. The molecule has 10 nitrogen and oxygen atoms in total. The van der Waals surface area contributed by atoms with Crippen LogP contribution in [0.15, 0.2) is 24.3 Å². The van der Waals surface area contributed by atoms with Gasteiger partial charge in [0, 0.05) is 50.8 Å². The van der Waals surface area contributed by atoms with Crippen molar-refractivity contribution in [1.29, 1.82) is 0 Å². The highest BCUT2D eigenvalue weighted by Crippen LogP contribution is 2.54. The Hall–Kier alpha value is -3.06. The minimum atomic E-state index is -3.85. The molecule has 1 amide bonds. The van der Waals surface area contributed by atoms with Gasteiger partial charge in [0.25, 0.3) is 11.8 Å². The van der Waals surface area contributed by atoms with Gasteiger partial charge in [0.05, 0.1) is 23.0 Å². The highest BCUT2D eigenvalue weighted by atomic mass is 32.2. The predicted octanol–water partition coefficient (Wildman–Crippen LogP) is 4.31. The van der Waals surface area contributed by atoms with Crippen molar-refractivity contribution >= 4 is 39.1 Å². The molecular weight excluding hydrogens is 566 g/mol. The Labute approximate surface area is 245 Å². The standard InChI is InChI=1S/C29H38F2N6O4S/c1-19-17-24(34-26(32-19)37-15-11-29(30,31)12-16-37)33-25(39)22-4-3-21(35-42(40,41)28(7-8-28)20(2)38)18-23(22)36-13-9-27(5-6-27)10-14-36/h3-4,17-18,20,35,38H,5-16H2,1-2H3,(H,32,33,34,39)/t20-/m0/s1. The molecule has 42 heavy (non-hydrogen) atoms. The van der Waals surface area contributed by atoms with Crippen molar-refractivity contribution in [3.63, 3.8) is 0 Å². The van der Waals surface area contributed by atoms with Crippen LogP contribution in [-0.2, 0) is 10.0 Å². The molecule has 6 rings (SSSR count). The first-order valence-corrected chi connectivity index (χ1v) is 16.2. The van der Waals surface area contributed by atoms with Crippen LogP contribution in [-0.4, -0.2) is 72.4 Å². The van der Waals surface area contributed by atoms with E-state index in [1.54, 1.807) is 36.1 Å². The lowest BCUT2D eigenvalue weighted by Gasteiger charge is -2.35. The lowest BCUT2D eigenvalue weighted by Crippen LogP contribution is -2.40. The molecule has 1 aromatic heterocycles. The van der Waals surface area contributed by atoms with Crippen LogP contribution in [0, 0.1) is 12.3 Å². The maximum atomic E-state index is 13.7. The first-order valence-electron chi connectivity index (χ1n) is 14.7. The molecule has 2 saturated heterocycles. The van der Waals surface area contributed by atoms with E-state index in [1.165, 1.54) is 19.8 Å². The van der Waals surface area contributed by atoms with Crippen LogP contribution >= 0.6 is 0 Å². The number of aromatic nitrogens is 2. The normalized spacial score (nSPS) is 22.9. The van der Waals surface area contributed by atoms with Gasteiger partial charge in [0.2, 0.25) is 16.0 Å². The summed E-state index contributed by atoms with van der Waals surface area (Å²) in [6.45, 7) is 5.01. The molecule has 2 aromatic rings. The smallest absolute Gasteiger partial charge is 0.258 e. The zero-order valence-corrected chi connectivity index (χ0v) is 24.8. The van der Waals surface area contributed by atoms with E-state index in [2.05, 4.69) is 24.9 Å². The van der Waals surface area contributed by atoms with Gasteiger partial charge in [-0.05, 0) is 76.0 Å². The van der Waals surface area contributed by atoms with Crippen LogP contribution < -0.4 is 19.8 Å². The molecule has 1 atom stereocenters. The number of carbonyl (C=O) groups is 1. The summed E-state index contributed by atoms with van der Waals surface area (Å²) in [5.74, 6) is -2.55. The van der Waals surface area contributed by atoms with Gasteiger partial charge in [-0.15, -0.1) is 0 Å². The van der Waals surface area contributed by atoms with Crippen LogP contribution in [0.25, 0.3) is 0 Å². The average molecular weight is 605 g/mol. The van der Waals surface area contributed by atoms with Crippen molar-refractivity contribution in [2.75, 3.05) is 46.0 Å². The molecule has 3 heterocycles. The maximum absolute atomic E-state index is 13.7. The number of hydrogen-bond donors (Lipinski definition) is 3. The Bertz CT molecular complexity index is 1470. The number of aryl methyl sites for hydroxylation is 1. The summed E-state index contributed by atoms with van der Waals surface area (Å²) in [5.41, 5.74) is 2.32. The Morgan fingerprint density at radius 1 is 0.952 bits per heavy atom. The van der Waals surface area contributed by atoms with Gasteiger partial charge >= 0.3 is 0 Å². The van der Waals surface area contributed by atoms with Crippen molar-refractivity contribution in [3.8, 4) is 0 Å². The number of piperidine rings is 2. The summed E-state index contributed by atoms with van der Waals surface area (Å²) in [4.78, 5) is 26.4. The predicted molar refractivity (Wildman–Crippen MR) is 157 cm³/mol. The van der Waals surface area contributed by atoms with Crippen LogP contribution in [0.5, 0.6) is 0 Å². The topological polar surface area (TPSA) is 128 Å². The summed E-state index contributed by atoms with van der Waals surface area (Å²) < 4.78 is 55.2. The first-order chi connectivity index (χ1) is 19.8. The van der Waals surface area contributed by atoms with Crippen LogP contribution in [0.1, 0.15) is 74.3 Å². The number of nitrogens with zero attached hydrogens (tertiary/aromatic N) is 4. The second kappa shape index (κ2) is 10.3. The Morgan fingerprint density at radius 2 is 1.60 bits per heavy atom. The molecule has 0 unspecified atom stereocenters. The van der Waals surface area contributed by atoms with E-state index >= 15 is 0 Å². The van der Waals surface area contributed by atoms with E-state index in [9.17, 15) is 27.1 Å². The fourth-order valence-electron chi connectivity index (χ4n) is 6.21. The quantitative estimate of drug-likeness (QED) is 0.407. The average Bonchev–Trinajstić information content (AvgIpc) is 3.85. The number of aliphatic hydroxyl groups excluding tert-OH is 1. The van der Waals surface area contributed by atoms with E-state index in [1.807, 2.05) is 0 Å². The van der Waals surface area contributed by atoms with Gasteiger partial charge in [-0.3, -0.25) is 9.52 Å². The number of sulfonamides is 1. The number of carbonyl (C=O) groups excluding carboxylic acids is 1.